The SMILES string of the molecule is Cc1ncc(OC(N)=O)cc1Cl. The van der Waals surface area contributed by atoms with Gasteiger partial charge in [0.1, 0.15) is 0 Å². The molecule has 0 fully saturated rings. The van der Waals surface area contributed by atoms with Gasteiger partial charge in [0.25, 0.3) is 0 Å². The Kier molecular flexibility index (Phi) is 2.50. The number of ether oxygens (including phenoxy) is 1. The molecule has 1 aromatic rings. The molecule has 2 N–H and O–H groups in total. The molecule has 0 radical (unpaired) electrons. The van der Waals surface area contributed by atoms with E-state index in [1.165, 1.54) is 12.3 Å². The van der Waals surface area contributed by atoms with Crippen LogP contribution in [0.2, 0.25) is 5.02 Å². The number of rotatable bonds is 1. The van der Waals surface area contributed by atoms with Gasteiger partial charge >= 0.3 is 6.09 Å². The van der Waals surface area contributed by atoms with Crippen LogP contribution in [0.3, 0.4) is 0 Å². The lowest BCUT2D eigenvalue weighted by Gasteiger charge is -2.01. The van der Waals surface area contributed by atoms with Gasteiger partial charge < -0.3 is 10.5 Å². The Morgan fingerprint density at radius 1 is 1.75 bits per heavy atom. The van der Waals surface area contributed by atoms with Gasteiger partial charge in [0.2, 0.25) is 0 Å². The minimum absolute atomic E-state index is 0.248. The van der Waals surface area contributed by atoms with Crippen LogP contribution < -0.4 is 10.5 Å². The summed E-state index contributed by atoms with van der Waals surface area (Å²) in [5.41, 5.74) is 5.46. The highest BCUT2D eigenvalue weighted by atomic mass is 35.5. The number of aromatic nitrogens is 1. The van der Waals surface area contributed by atoms with Crippen LogP contribution >= 0.6 is 11.6 Å². The third kappa shape index (κ3) is 2.10. The molecule has 0 aliphatic rings. The van der Waals surface area contributed by atoms with E-state index >= 15 is 0 Å². The van der Waals surface area contributed by atoms with E-state index in [0.717, 1.165) is 0 Å². The van der Waals surface area contributed by atoms with Crippen molar-refractivity contribution in [1.82, 2.24) is 4.98 Å². The van der Waals surface area contributed by atoms with Gasteiger partial charge in [0.15, 0.2) is 5.75 Å². The Hall–Kier alpha value is -1.29. The van der Waals surface area contributed by atoms with Gasteiger partial charge in [-0.25, -0.2) is 4.79 Å². The average Bonchev–Trinajstić information content (AvgIpc) is 1.96. The summed E-state index contributed by atoms with van der Waals surface area (Å²) in [6, 6.07) is 1.48. The van der Waals surface area contributed by atoms with Gasteiger partial charge in [-0.05, 0) is 6.92 Å². The first-order chi connectivity index (χ1) is 5.59. The molecular weight excluding hydrogens is 180 g/mol. The van der Waals surface area contributed by atoms with E-state index in [-0.39, 0.29) is 5.75 Å². The minimum atomic E-state index is -0.878. The molecular formula is C7H7ClN2O2. The lowest BCUT2D eigenvalue weighted by molar-refractivity contribution is 0.210. The molecule has 1 amide bonds. The van der Waals surface area contributed by atoms with Crippen LogP contribution in [0.15, 0.2) is 12.3 Å². The maximum Gasteiger partial charge on any atom is 0.410 e. The second-order valence-electron chi connectivity index (χ2n) is 2.16. The van der Waals surface area contributed by atoms with E-state index in [9.17, 15) is 4.79 Å². The number of hydrogen-bond acceptors (Lipinski definition) is 3. The Balaban J connectivity index is 2.89. The van der Waals surface area contributed by atoms with Gasteiger partial charge in [-0.2, -0.15) is 0 Å². The van der Waals surface area contributed by atoms with Crippen molar-refractivity contribution in [2.45, 2.75) is 6.92 Å². The minimum Gasteiger partial charge on any atom is -0.409 e. The maximum absolute atomic E-state index is 10.3. The molecule has 0 aliphatic carbocycles. The fourth-order valence-corrected chi connectivity index (χ4v) is 0.817. The first-order valence-electron chi connectivity index (χ1n) is 3.19. The molecule has 1 rings (SSSR count). The standard InChI is InChI=1S/C7H7ClN2O2/c1-4-6(8)2-5(3-10-4)12-7(9)11/h2-3H,1H3,(H2,9,11). The normalized spacial score (nSPS) is 9.50. The van der Waals surface area contributed by atoms with Crippen molar-refractivity contribution in [3.63, 3.8) is 0 Å². The number of nitrogens with two attached hydrogens (primary N) is 1. The van der Waals surface area contributed by atoms with Crippen molar-refractivity contribution in [1.29, 1.82) is 0 Å². The second kappa shape index (κ2) is 3.40. The van der Waals surface area contributed by atoms with E-state index in [1.807, 2.05) is 0 Å². The van der Waals surface area contributed by atoms with Gasteiger partial charge in [0.05, 0.1) is 16.9 Å². The van der Waals surface area contributed by atoms with Crippen LogP contribution in [0.4, 0.5) is 4.79 Å². The highest BCUT2D eigenvalue weighted by Crippen LogP contribution is 2.18. The molecule has 0 unspecified atom stereocenters. The van der Waals surface area contributed by atoms with Crippen molar-refractivity contribution in [2.24, 2.45) is 5.73 Å². The molecule has 0 aromatic carbocycles. The predicted octanol–water partition coefficient (Wildman–Crippen LogP) is 1.50. The third-order valence-corrected chi connectivity index (χ3v) is 1.60. The zero-order valence-electron chi connectivity index (χ0n) is 6.37. The number of aryl methyl sites for hydroxylation is 1. The average molecular weight is 187 g/mol. The Bertz CT molecular complexity index is 314. The largest absolute Gasteiger partial charge is 0.410 e. The fraction of sp³-hybridized carbons (Fsp3) is 0.143. The summed E-state index contributed by atoms with van der Waals surface area (Å²) in [6.45, 7) is 1.75. The van der Waals surface area contributed by atoms with Crippen LogP contribution in [-0.2, 0) is 0 Å². The molecule has 5 heteroatoms. The van der Waals surface area contributed by atoms with Crippen molar-refractivity contribution in [3.8, 4) is 5.75 Å². The van der Waals surface area contributed by atoms with E-state index in [2.05, 4.69) is 9.72 Å². The second-order valence-corrected chi connectivity index (χ2v) is 2.57. The third-order valence-electron chi connectivity index (χ3n) is 1.22. The number of primary amides is 1. The fourth-order valence-electron chi connectivity index (χ4n) is 0.661. The summed E-state index contributed by atoms with van der Waals surface area (Å²) in [6.07, 6.45) is 0.503. The van der Waals surface area contributed by atoms with Crippen LogP contribution in [0.1, 0.15) is 5.69 Å². The predicted molar refractivity (Wildman–Crippen MR) is 44.2 cm³/mol. The Morgan fingerprint density at radius 2 is 2.42 bits per heavy atom. The monoisotopic (exact) mass is 186 g/mol. The summed E-state index contributed by atoms with van der Waals surface area (Å²) >= 11 is 5.70. The number of halogens is 1. The number of pyridine rings is 1. The molecule has 0 saturated carbocycles. The van der Waals surface area contributed by atoms with Crippen LogP contribution in [0, 0.1) is 6.92 Å². The van der Waals surface area contributed by atoms with Crippen molar-refractivity contribution < 1.29 is 9.53 Å². The van der Waals surface area contributed by atoms with E-state index in [4.69, 9.17) is 17.3 Å². The molecule has 1 aromatic heterocycles. The topological polar surface area (TPSA) is 65.2 Å². The van der Waals surface area contributed by atoms with E-state index < -0.39 is 6.09 Å². The number of hydrogen-bond donors (Lipinski definition) is 1. The molecule has 12 heavy (non-hydrogen) atoms. The van der Waals surface area contributed by atoms with Gasteiger partial charge in [-0.3, -0.25) is 4.98 Å². The number of nitrogens with zero attached hydrogens (tertiary/aromatic N) is 1. The molecule has 1 heterocycles. The van der Waals surface area contributed by atoms with Gasteiger partial charge in [0, 0.05) is 6.07 Å². The van der Waals surface area contributed by atoms with E-state index in [1.54, 1.807) is 6.92 Å². The first-order valence-corrected chi connectivity index (χ1v) is 3.57. The zero-order valence-corrected chi connectivity index (χ0v) is 7.13. The lowest BCUT2D eigenvalue weighted by Crippen LogP contribution is -2.16. The Morgan fingerprint density at radius 3 is 2.92 bits per heavy atom. The van der Waals surface area contributed by atoms with Gasteiger partial charge in [-0.1, -0.05) is 11.6 Å². The molecule has 0 bridgehead atoms. The molecule has 0 aliphatic heterocycles. The van der Waals surface area contributed by atoms with Crippen LogP contribution in [0.5, 0.6) is 5.75 Å². The number of carbonyl (C=O) groups is 1. The summed E-state index contributed by atoms with van der Waals surface area (Å²) in [7, 11) is 0. The highest BCUT2D eigenvalue weighted by Gasteiger charge is 2.02. The summed E-state index contributed by atoms with van der Waals surface area (Å²) in [5, 5.41) is 0.439. The van der Waals surface area contributed by atoms with Crippen molar-refractivity contribution in [2.75, 3.05) is 0 Å². The number of amides is 1. The van der Waals surface area contributed by atoms with Crippen LogP contribution in [-0.4, -0.2) is 11.1 Å². The molecule has 64 valence electrons. The molecule has 0 spiro atoms. The molecule has 4 nitrogen and oxygen atoms in total. The van der Waals surface area contributed by atoms with Gasteiger partial charge in [-0.15, -0.1) is 0 Å². The lowest BCUT2D eigenvalue weighted by atomic mass is 10.4. The first kappa shape index (κ1) is 8.80. The maximum atomic E-state index is 10.3. The smallest absolute Gasteiger partial charge is 0.409 e. The summed E-state index contributed by atoms with van der Waals surface area (Å²) < 4.78 is 4.54. The molecule has 0 saturated heterocycles. The highest BCUT2D eigenvalue weighted by molar-refractivity contribution is 6.31. The van der Waals surface area contributed by atoms with Crippen molar-refractivity contribution in [3.05, 3.63) is 23.0 Å². The molecule has 0 atom stereocenters. The Labute approximate surface area is 74.3 Å². The van der Waals surface area contributed by atoms with E-state index in [0.29, 0.717) is 10.7 Å². The zero-order chi connectivity index (χ0) is 9.14. The van der Waals surface area contributed by atoms with Crippen molar-refractivity contribution >= 4 is 17.7 Å². The van der Waals surface area contributed by atoms with Crippen LogP contribution in [0.25, 0.3) is 0 Å². The summed E-state index contributed by atoms with van der Waals surface area (Å²) in [5.74, 6) is 0.248. The number of carbonyl (C=O) groups excluding carboxylic acids is 1. The quantitative estimate of drug-likeness (QED) is 0.723. The summed E-state index contributed by atoms with van der Waals surface area (Å²) in [4.78, 5) is 14.2.